The second-order valence-corrected chi connectivity index (χ2v) is 10.7. The van der Waals surface area contributed by atoms with E-state index in [9.17, 15) is 0 Å². The third-order valence-electron chi connectivity index (χ3n) is 8.41. The fourth-order valence-electron chi connectivity index (χ4n) is 6.72. The van der Waals surface area contributed by atoms with E-state index in [1.54, 1.807) is 0 Å². The van der Waals surface area contributed by atoms with Gasteiger partial charge in [0.05, 0.1) is 5.41 Å². The van der Waals surface area contributed by atoms with Crippen LogP contribution in [0.15, 0.2) is 152 Å². The normalized spacial score (nSPS) is 12.9. The van der Waals surface area contributed by atoms with Crippen molar-refractivity contribution < 1.29 is 0 Å². The van der Waals surface area contributed by atoms with E-state index in [2.05, 4.69) is 170 Å². The van der Waals surface area contributed by atoms with Gasteiger partial charge in [0.1, 0.15) is 0 Å². The van der Waals surface area contributed by atoms with Gasteiger partial charge in [0.2, 0.25) is 0 Å². The van der Waals surface area contributed by atoms with Gasteiger partial charge in [-0.1, -0.05) is 115 Å². The van der Waals surface area contributed by atoms with Crippen molar-refractivity contribution in [3.63, 3.8) is 0 Å². The Hall–Kier alpha value is -4.88. The molecule has 0 spiro atoms. The number of benzene rings is 6. The van der Waals surface area contributed by atoms with Gasteiger partial charge in [0.15, 0.2) is 0 Å². The Morgan fingerprint density at radius 2 is 0.825 bits per heavy atom. The molecule has 0 unspecified atom stereocenters. The molecule has 0 saturated heterocycles. The van der Waals surface area contributed by atoms with Gasteiger partial charge in [-0.05, 0) is 94.8 Å². The minimum atomic E-state index is -0.433. The van der Waals surface area contributed by atoms with Crippen molar-refractivity contribution in [2.75, 3.05) is 4.90 Å². The van der Waals surface area contributed by atoms with Gasteiger partial charge in [-0.25, -0.2) is 0 Å². The molecule has 40 heavy (non-hydrogen) atoms. The average molecular weight is 514 g/mol. The quantitative estimate of drug-likeness (QED) is 0.221. The van der Waals surface area contributed by atoms with Crippen LogP contribution in [0.2, 0.25) is 0 Å². The zero-order valence-corrected chi connectivity index (χ0v) is 22.9. The number of para-hydroxylation sites is 2. The summed E-state index contributed by atoms with van der Waals surface area (Å²) in [4.78, 5) is 2.36. The summed E-state index contributed by atoms with van der Waals surface area (Å²) in [7, 11) is 0. The van der Waals surface area contributed by atoms with Crippen LogP contribution >= 0.6 is 0 Å². The van der Waals surface area contributed by atoms with Gasteiger partial charge in [-0.2, -0.15) is 0 Å². The molecule has 0 aliphatic heterocycles. The molecular weight excluding hydrogens is 482 g/mol. The largest absolute Gasteiger partial charge is 0.310 e. The summed E-state index contributed by atoms with van der Waals surface area (Å²) in [5.41, 5.74) is 13.5. The van der Waals surface area contributed by atoms with Crippen LogP contribution < -0.4 is 4.90 Å². The minimum absolute atomic E-state index is 0.433. The highest BCUT2D eigenvalue weighted by Crippen LogP contribution is 2.58. The molecule has 0 fully saturated rings. The number of nitrogens with zero attached hydrogens (tertiary/aromatic N) is 1. The van der Waals surface area contributed by atoms with Crippen molar-refractivity contribution in [2.45, 2.75) is 19.3 Å². The van der Waals surface area contributed by atoms with Crippen LogP contribution in [0.3, 0.4) is 0 Å². The van der Waals surface area contributed by atoms with Crippen LogP contribution in [0.25, 0.3) is 11.1 Å². The molecule has 1 nitrogen and oxygen atoms in total. The first-order chi connectivity index (χ1) is 19.7. The highest BCUT2D eigenvalue weighted by molar-refractivity contribution is 5.90. The van der Waals surface area contributed by atoms with E-state index in [4.69, 9.17) is 0 Å². The Bertz CT molecular complexity index is 1730. The molecular formula is C39H31N. The molecule has 0 atom stereocenters. The summed E-state index contributed by atoms with van der Waals surface area (Å²) < 4.78 is 0. The summed E-state index contributed by atoms with van der Waals surface area (Å²) in [6, 6.07) is 55.2. The molecule has 0 bridgehead atoms. The Kier molecular flexibility index (Phi) is 5.86. The zero-order valence-electron chi connectivity index (χ0n) is 22.9. The third-order valence-corrected chi connectivity index (χ3v) is 8.41. The first-order valence-electron chi connectivity index (χ1n) is 14.0. The van der Waals surface area contributed by atoms with Crippen molar-refractivity contribution in [2.24, 2.45) is 0 Å². The van der Waals surface area contributed by atoms with Crippen molar-refractivity contribution in [1.82, 2.24) is 0 Å². The fourth-order valence-corrected chi connectivity index (χ4v) is 6.72. The summed E-state index contributed by atoms with van der Waals surface area (Å²) in [6.45, 7) is 4.50. The Labute approximate surface area is 237 Å². The zero-order chi connectivity index (χ0) is 27.1. The molecule has 1 heteroatoms. The molecule has 0 N–H and O–H groups in total. The molecule has 1 aliphatic carbocycles. The lowest BCUT2D eigenvalue weighted by molar-refractivity contribution is 0.754. The van der Waals surface area contributed by atoms with Crippen LogP contribution in [0.1, 0.15) is 33.4 Å². The number of fused-ring (bicyclic) bond motifs is 3. The van der Waals surface area contributed by atoms with Crippen molar-refractivity contribution in [3.8, 4) is 11.1 Å². The highest BCUT2D eigenvalue weighted by atomic mass is 15.1. The van der Waals surface area contributed by atoms with Gasteiger partial charge in [0, 0.05) is 17.1 Å². The third kappa shape index (κ3) is 3.62. The van der Waals surface area contributed by atoms with Crippen LogP contribution in [0.5, 0.6) is 0 Å². The second-order valence-electron chi connectivity index (χ2n) is 10.7. The molecule has 0 saturated carbocycles. The first-order valence-corrected chi connectivity index (χ1v) is 14.0. The first kappa shape index (κ1) is 24.2. The lowest BCUT2D eigenvalue weighted by atomic mass is 9.65. The van der Waals surface area contributed by atoms with Crippen LogP contribution in [0, 0.1) is 13.8 Å². The Balaban J connectivity index is 1.59. The van der Waals surface area contributed by atoms with Crippen LogP contribution in [-0.4, -0.2) is 0 Å². The summed E-state index contributed by atoms with van der Waals surface area (Å²) >= 11 is 0. The monoisotopic (exact) mass is 513 g/mol. The van der Waals surface area contributed by atoms with E-state index in [-0.39, 0.29) is 0 Å². The Morgan fingerprint density at radius 1 is 0.375 bits per heavy atom. The van der Waals surface area contributed by atoms with Gasteiger partial charge < -0.3 is 4.90 Å². The van der Waals surface area contributed by atoms with Gasteiger partial charge in [-0.3, -0.25) is 0 Å². The van der Waals surface area contributed by atoms with Crippen molar-refractivity contribution in [3.05, 3.63) is 185 Å². The molecule has 0 radical (unpaired) electrons. The van der Waals surface area contributed by atoms with E-state index in [1.807, 2.05) is 0 Å². The van der Waals surface area contributed by atoms with Gasteiger partial charge >= 0.3 is 0 Å². The highest BCUT2D eigenvalue weighted by Gasteiger charge is 2.47. The topological polar surface area (TPSA) is 3.24 Å². The van der Waals surface area contributed by atoms with Crippen molar-refractivity contribution in [1.29, 1.82) is 0 Å². The maximum atomic E-state index is 2.44. The van der Waals surface area contributed by atoms with Gasteiger partial charge in [-0.15, -0.1) is 0 Å². The summed E-state index contributed by atoms with van der Waals surface area (Å²) in [5, 5.41) is 0. The number of anilines is 3. The van der Waals surface area contributed by atoms with Gasteiger partial charge in [0.25, 0.3) is 0 Å². The molecule has 6 aromatic carbocycles. The summed E-state index contributed by atoms with van der Waals surface area (Å²) in [6.07, 6.45) is 0. The van der Waals surface area contributed by atoms with E-state index < -0.39 is 5.41 Å². The summed E-state index contributed by atoms with van der Waals surface area (Å²) in [5.74, 6) is 0. The van der Waals surface area contributed by atoms with Crippen LogP contribution in [0.4, 0.5) is 17.1 Å². The number of aryl methyl sites for hydroxylation is 2. The molecule has 7 rings (SSSR count). The molecule has 6 aromatic rings. The SMILES string of the molecule is Cc1ccccc1C1(c2ccccc2C)c2ccccc2-c2ccc(N(c3ccccc3)c3ccccc3)cc21. The molecule has 0 heterocycles. The smallest absolute Gasteiger partial charge is 0.0719 e. The lowest BCUT2D eigenvalue weighted by Gasteiger charge is -2.37. The predicted molar refractivity (Wildman–Crippen MR) is 168 cm³/mol. The van der Waals surface area contributed by atoms with Crippen molar-refractivity contribution >= 4 is 17.1 Å². The Morgan fingerprint density at radius 3 is 1.38 bits per heavy atom. The number of hydrogen-bond donors (Lipinski definition) is 0. The van der Waals surface area contributed by atoms with E-state index in [0.29, 0.717) is 0 Å². The van der Waals surface area contributed by atoms with E-state index in [1.165, 1.54) is 44.5 Å². The molecule has 0 amide bonds. The van der Waals surface area contributed by atoms with Crippen LogP contribution in [-0.2, 0) is 5.41 Å². The minimum Gasteiger partial charge on any atom is -0.310 e. The van der Waals surface area contributed by atoms with E-state index >= 15 is 0 Å². The standard InChI is InChI=1S/C39H31N/c1-28-15-9-12-22-35(28)39(36-23-13-10-16-29(36)2)37-24-14-11-21-33(37)34-26-25-32(27-38(34)39)40(30-17-5-3-6-18-30)31-19-7-4-8-20-31/h3-27H,1-2H3. The number of hydrogen-bond acceptors (Lipinski definition) is 1. The number of rotatable bonds is 5. The van der Waals surface area contributed by atoms with E-state index in [0.717, 1.165) is 17.1 Å². The second kappa shape index (κ2) is 9.70. The maximum Gasteiger partial charge on any atom is 0.0719 e. The maximum absolute atomic E-state index is 2.44. The molecule has 1 aliphatic rings. The lowest BCUT2D eigenvalue weighted by Crippen LogP contribution is -2.30. The molecule has 0 aromatic heterocycles. The molecule has 192 valence electrons. The predicted octanol–water partition coefficient (Wildman–Crippen LogP) is 10.1. The average Bonchev–Trinajstić information content (AvgIpc) is 3.29. The fraction of sp³-hybridized carbons (Fsp3) is 0.0769.